The highest BCUT2D eigenvalue weighted by atomic mass is 32.2. The van der Waals surface area contributed by atoms with Gasteiger partial charge in [-0.25, -0.2) is 0 Å². The topological polar surface area (TPSA) is 63.5 Å². The van der Waals surface area contributed by atoms with E-state index < -0.39 is 5.91 Å². The summed E-state index contributed by atoms with van der Waals surface area (Å²) >= 11 is 1.48. The van der Waals surface area contributed by atoms with Gasteiger partial charge in [0, 0.05) is 19.0 Å². The zero-order valence-corrected chi connectivity index (χ0v) is 9.58. The molecule has 0 bridgehead atoms. The van der Waals surface area contributed by atoms with Crippen LogP contribution in [0.1, 0.15) is 10.4 Å². The van der Waals surface area contributed by atoms with Gasteiger partial charge in [0.1, 0.15) is 5.56 Å². The Labute approximate surface area is 96.6 Å². The normalized spacial score (nSPS) is 14.7. The number of amidine groups is 1. The molecule has 0 aromatic carbocycles. The lowest BCUT2D eigenvalue weighted by Crippen LogP contribution is -2.33. The van der Waals surface area contributed by atoms with Gasteiger partial charge in [0.25, 0.3) is 11.5 Å². The fourth-order valence-corrected chi connectivity index (χ4v) is 2.07. The van der Waals surface area contributed by atoms with Gasteiger partial charge in [-0.3, -0.25) is 14.6 Å². The van der Waals surface area contributed by atoms with Crippen LogP contribution in [0.5, 0.6) is 0 Å². The van der Waals surface area contributed by atoms with Gasteiger partial charge in [-0.1, -0.05) is 11.8 Å². The standard InChI is InChI=1S/C10H11N3O2S/c1-13-5-2-3-7(9(13)15)8(14)12-10-11-4-6-16-10/h2-3,5H,4,6H2,1H3,(H,11,12,14). The summed E-state index contributed by atoms with van der Waals surface area (Å²) in [7, 11) is 1.61. The predicted molar refractivity (Wildman–Crippen MR) is 63.9 cm³/mol. The number of carbonyl (C=O) groups excluding carboxylic acids is 1. The molecule has 0 saturated carbocycles. The fraction of sp³-hybridized carbons (Fsp3) is 0.300. The van der Waals surface area contributed by atoms with Crippen molar-refractivity contribution in [3.05, 3.63) is 34.2 Å². The quantitative estimate of drug-likeness (QED) is 0.760. The molecular formula is C10H11N3O2S. The third kappa shape index (κ3) is 2.16. The molecular weight excluding hydrogens is 226 g/mol. The highest BCUT2D eigenvalue weighted by Gasteiger charge is 2.15. The van der Waals surface area contributed by atoms with Gasteiger partial charge in [-0.15, -0.1) is 0 Å². The Hall–Kier alpha value is -1.56. The fourth-order valence-electron chi connectivity index (χ4n) is 1.35. The Morgan fingerprint density at radius 2 is 2.44 bits per heavy atom. The molecule has 1 aromatic rings. The number of hydrogen-bond donors (Lipinski definition) is 1. The van der Waals surface area contributed by atoms with Crippen molar-refractivity contribution in [2.45, 2.75) is 0 Å². The van der Waals surface area contributed by atoms with Crippen LogP contribution in [0.15, 0.2) is 28.1 Å². The SMILES string of the molecule is Cn1cccc(C(=O)NC2=NCCS2)c1=O. The summed E-state index contributed by atoms with van der Waals surface area (Å²) in [6, 6.07) is 3.18. The summed E-state index contributed by atoms with van der Waals surface area (Å²) in [6.07, 6.45) is 1.61. The van der Waals surface area contributed by atoms with Crippen molar-refractivity contribution >= 4 is 22.8 Å². The minimum Gasteiger partial charge on any atom is -0.318 e. The molecule has 1 aliphatic heterocycles. The zero-order valence-electron chi connectivity index (χ0n) is 8.77. The third-order valence-electron chi connectivity index (χ3n) is 2.17. The number of pyridine rings is 1. The number of thioether (sulfide) groups is 1. The molecule has 6 heteroatoms. The smallest absolute Gasteiger partial charge is 0.263 e. The largest absolute Gasteiger partial charge is 0.318 e. The van der Waals surface area contributed by atoms with Crippen molar-refractivity contribution in [3.63, 3.8) is 0 Å². The Balaban J connectivity index is 2.21. The molecule has 0 spiro atoms. The molecule has 84 valence electrons. The lowest BCUT2D eigenvalue weighted by Gasteiger charge is -2.04. The molecule has 2 heterocycles. The van der Waals surface area contributed by atoms with Gasteiger partial charge in [-0.05, 0) is 12.1 Å². The van der Waals surface area contributed by atoms with E-state index in [-0.39, 0.29) is 11.1 Å². The molecule has 0 radical (unpaired) electrons. The Kier molecular flexibility index (Phi) is 3.09. The van der Waals surface area contributed by atoms with Crippen LogP contribution in [0.2, 0.25) is 0 Å². The van der Waals surface area contributed by atoms with Crippen molar-refractivity contribution in [3.8, 4) is 0 Å². The zero-order chi connectivity index (χ0) is 11.5. The van der Waals surface area contributed by atoms with Crippen LogP contribution in [-0.4, -0.2) is 27.9 Å². The molecule has 0 atom stereocenters. The Bertz CT molecular complexity index is 507. The Morgan fingerprint density at radius 1 is 1.62 bits per heavy atom. The number of carbonyl (C=O) groups is 1. The predicted octanol–water partition coefficient (Wildman–Crippen LogP) is 0.218. The van der Waals surface area contributed by atoms with E-state index in [1.807, 2.05) is 0 Å². The van der Waals surface area contributed by atoms with E-state index in [1.54, 1.807) is 19.3 Å². The van der Waals surface area contributed by atoms with E-state index in [0.29, 0.717) is 11.7 Å². The highest BCUT2D eigenvalue weighted by Crippen LogP contribution is 2.09. The van der Waals surface area contributed by atoms with Gasteiger partial charge in [-0.2, -0.15) is 0 Å². The Morgan fingerprint density at radius 3 is 3.12 bits per heavy atom. The van der Waals surface area contributed by atoms with Crippen LogP contribution in [0.25, 0.3) is 0 Å². The molecule has 0 saturated heterocycles. The number of nitrogens with zero attached hydrogens (tertiary/aromatic N) is 2. The molecule has 16 heavy (non-hydrogen) atoms. The molecule has 1 aliphatic rings. The van der Waals surface area contributed by atoms with Crippen LogP contribution < -0.4 is 10.9 Å². The van der Waals surface area contributed by atoms with Gasteiger partial charge < -0.3 is 9.88 Å². The van der Waals surface area contributed by atoms with Crippen molar-refractivity contribution < 1.29 is 4.79 Å². The summed E-state index contributed by atoms with van der Waals surface area (Å²) in [5.74, 6) is 0.483. The van der Waals surface area contributed by atoms with Crippen molar-refractivity contribution in [2.75, 3.05) is 12.3 Å². The van der Waals surface area contributed by atoms with Crippen LogP contribution in [-0.2, 0) is 7.05 Å². The van der Waals surface area contributed by atoms with Crippen LogP contribution in [0, 0.1) is 0 Å². The maximum atomic E-state index is 11.8. The minimum absolute atomic E-state index is 0.139. The van der Waals surface area contributed by atoms with Gasteiger partial charge in [0.15, 0.2) is 5.17 Å². The van der Waals surface area contributed by atoms with Gasteiger partial charge in [0.2, 0.25) is 0 Å². The second-order valence-corrected chi connectivity index (χ2v) is 4.41. The number of aliphatic imine (C=N–C) groups is 1. The van der Waals surface area contributed by atoms with Crippen LogP contribution in [0.4, 0.5) is 0 Å². The monoisotopic (exact) mass is 237 g/mol. The van der Waals surface area contributed by atoms with Crippen molar-refractivity contribution in [2.24, 2.45) is 12.0 Å². The average molecular weight is 237 g/mol. The van der Waals surface area contributed by atoms with E-state index in [4.69, 9.17) is 0 Å². The summed E-state index contributed by atoms with van der Waals surface area (Å²) < 4.78 is 1.37. The first kappa shape index (κ1) is 10.9. The summed E-state index contributed by atoms with van der Waals surface area (Å²) in [5, 5.41) is 3.22. The number of amides is 1. The van der Waals surface area contributed by atoms with Gasteiger partial charge in [0.05, 0.1) is 6.54 Å². The summed E-state index contributed by atoms with van der Waals surface area (Å²) in [4.78, 5) is 27.5. The third-order valence-corrected chi connectivity index (χ3v) is 3.07. The molecule has 1 amide bonds. The number of rotatable bonds is 1. The molecule has 1 N–H and O–H groups in total. The maximum absolute atomic E-state index is 11.8. The first-order valence-electron chi connectivity index (χ1n) is 4.83. The second-order valence-electron chi connectivity index (χ2n) is 3.33. The first-order valence-corrected chi connectivity index (χ1v) is 5.81. The second kappa shape index (κ2) is 4.52. The van der Waals surface area contributed by atoms with E-state index >= 15 is 0 Å². The highest BCUT2D eigenvalue weighted by molar-refractivity contribution is 8.14. The molecule has 1 aromatic heterocycles. The van der Waals surface area contributed by atoms with E-state index in [9.17, 15) is 9.59 Å². The number of nitrogens with one attached hydrogen (secondary N) is 1. The summed E-state index contributed by atoms with van der Waals surface area (Å²) in [6.45, 7) is 0.715. The lowest BCUT2D eigenvalue weighted by atomic mass is 10.2. The number of aryl methyl sites for hydroxylation is 1. The van der Waals surface area contributed by atoms with Crippen molar-refractivity contribution in [1.82, 2.24) is 9.88 Å². The molecule has 0 fully saturated rings. The maximum Gasteiger partial charge on any atom is 0.263 e. The van der Waals surface area contributed by atoms with E-state index in [0.717, 1.165) is 5.75 Å². The van der Waals surface area contributed by atoms with E-state index in [2.05, 4.69) is 10.3 Å². The van der Waals surface area contributed by atoms with Crippen LogP contribution in [0.3, 0.4) is 0 Å². The van der Waals surface area contributed by atoms with Gasteiger partial charge >= 0.3 is 0 Å². The number of hydrogen-bond acceptors (Lipinski definition) is 4. The summed E-state index contributed by atoms with van der Waals surface area (Å²) in [5.41, 5.74) is -0.163. The number of aromatic nitrogens is 1. The molecule has 0 unspecified atom stereocenters. The van der Waals surface area contributed by atoms with Crippen LogP contribution >= 0.6 is 11.8 Å². The molecule has 5 nitrogen and oxygen atoms in total. The first-order chi connectivity index (χ1) is 7.68. The minimum atomic E-state index is -0.394. The van der Waals surface area contributed by atoms with E-state index in [1.165, 1.54) is 22.4 Å². The lowest BCUT2D eigenvalue weighted by molar-refractivity contribution is 0.0976. The molecule has 2 rings (SSSR count). The molecule has 0 aliphatic carbocycles. The van der Waals surface area contributed by atoms with Crippen molar-refractivity contribution in [1.29, 1.82) is 0 Å². The average Bonchev–Trinajstić information content (AvgIpc) is 2.74.